The fourth-order valence-electron chi connectivity index (χ4n) is 9.64. The van der Waals surface area contributed by atoms with Crippen LogP contribution in [0.3, 0.4) is 0 Å². The van der Waals surface area contributed by atoms with Crippen molar-refractivity contribution in [2.45, 2.75) is 89.4 Å². The second kappa shape index (κ2) is 17.0. The molecule has 64 heavy (non-hydrogen) atoms. The van der Waals surface area contributed by atoms with Crippen molar-refractivity contribution in [3.05, 3.63) is 82.8 Å². The van der Waals surface area contributed by atoms with Crippen molar-refractivity contribution in [3.8, 4) is 22.4 Å². The summed E-state index contributed by atoms with van der Waals surface area (Å²) in [7, 11) is 2.54. The third-order valence-corrected chi connectivity index (χ3v) is 13.2. The molecule has 9 rings (SSSR count). The number of carbonyl (C=O) groups excluding carboxylic acids is 4. The second-order valence-corrected chi connectivity index (χ2v) is 18.1. The van der Waals surface area contributed by atoms with Crippen molar-refractivity contribution in [2.75, 3.05) is 34.0 Å². The average Bonchev–Trinajstić information content (AvgIpc) is 3.57. The van der Waals surface area contributed by atoms with Gasteiger partial charge in [0.25, 0.3) is 5.56 Å². The number of piperidine rings is 1. The molecule has 0 radical (unpaired) electrons. The number of alkyl carbamates (subject to hydrolysis) is 2. The highest BCUT2D eigenvalue weighted by Crippen LogP contribution is 2.53. The third kappa shape index (κ3) is 8.06. The maximum atomic E-state index is 14.2. The summed E-state index contributed by atoms with van der Waals surface area (Å²) in [6.45, 7) is 8.51. The van der Waals surface area contributed by atoms with Crippen LogP contribution in [0.2, 0.25) is 0 Å². The Bertz CT molecular complexity index is 2690. The Labute approximate surface area is 369 Å². The number of aromatic nitrogens is 4. The molecule has 3 aliphatic heterocycles. The average molecular weight is 875 g/mol. The molecule has 4 aliphatic rings. The number of carbonyl (C=O) groups is 4. The summed E-state index contributed by atoms with van der Waals surface area (Å²) in [5.41, 5.74) is 3.68. The van der Waals surface area contributed by atoms with E-state index in [1.807, 2.05) is 56.9 Å². The molecule has 6 atom stereocenters. The molecule has 3 aromatic carbocycles. The van der Waals surface area contributed by atoms with E-state index < -0.39 is 36.1 Å². The number of imidazole rings is 1. The van der Waals surface area contributed by atoms with E-state index in [-0.39, 0.29) is 54.3 Å². The number of H-pyrrole nitrogens is 2. The molecule has 4 amide bonds. The number of likely N-dealkylation sites (tertiary alicyclic amines) is 2. The monoisotopic (exact) mass is 874 g/mol. The van der Waals surface area contributed by atoms with Crippen molar-refractivity contribution in [1.29, 1.82) is 0 Å². The summed E-state index contributed by atoms with van der Waals surface area (Å²) in [5.74, 6) is -0.527. The van der Waals surface area contributed by atoms with Crippen molar-refractivity contribution in [1.82, 2.24) is 40.4 Å². The van der Waals surface area contributed by atoms with Crippen LogP contribution in [-0.4, -0.2) is 112 Å². The molecule has 2 aromatic heterocycles. The van der Waals surface area contributed by atoms with E-state index in [4.69, 9.17) is 28.9 Å². The van der Waals surface area contributed by atoms with Gasteiger partial charge in [0.05, 0.1) is 68.9 Å². The second-order valence-electron chi connectivity index (χ2n) is 18.1. The van der Waals surface area contributed by atoms with E-state index in [9.17, 15) is 24.0 Å². The highest BCUT2D eigenvalue weighted by Gasteiger charge is 2.56. The minimum absolute atomic E-state index is 0.0994. The summed E-state index contributed by atoms with van der Waals surface area (Å²) >= 11 is 0. The van der Waals surface area contributed by atoms with Crippen LogP contribution in [0.25, 0.3) is 44.1 Å². The molecule has 5 aromatic rings. The Morgan fingerprint density at radius 3 is 2.08 bits per heavy atom. The lowest BCUT2D eigenvalue weighted by molar-refractivity contribution is -0.257. The van der Waals surface area contributed by atoms with Gasteiger partial charge in [-0.25, -0.2) is 19.6 Å². The number of nitrogens with one attached hydrogen (secondary N) is 4. The van der Waals surface area contributed by atoms with Gasteiger partial charge in [-0.2, -0.15) is 0 Å². The quantitative estimate of drug-likeness (QED) is 0.129. The minimum atomic E-state index is -1.08. The zero-order chi connectivity index (χ0) is 45.0. The van der Waals surface area contributed by atoms with E-state index in [1.54, 1.807) is 17.2 Å². The van der Waals surface area contributed by atoms with Crippen LogP contribution in [0.4, 0.5) is 9.59 Å². The summed E-state index contributed by atoms with van der Waals surface area (Å²) in [6.07, 6.45) is 3.18. The Balaban J connectivity index is 0.970. The van der Waals surface area contributed by atoms with Crippen LogP contribution in [0.1, 0.15) is 77.1 Å². The maximum Gasteiger partial charge on any atom is 0.407 e. The number of benzene rings is 3. The van der Waals surface area contributed by atoms with Crippen molar-refractivity contribution < 1.29 is 38.1 Å². The molecule has 17 nitrogen and oxygen atoms in total. The molecule has 1 aliphatic carbocycles. The van der Waals surface area contributed by atoms with Gasteiger partial charge in [-0.1, -0.05) is 58.0 Å². The van der Waals surface area contributed by atoms with Gasteiger partial charge in [-0.3, -0.25) is 14.4 Å². The fraction of sp³-hybridized carbons (Fsp3) is 0.468. The van der Waals surface area contributed by atoms with Crippen LogP contribution in [0.15, 0.2) is 65.6 Å². The Kier molecular flexibility index (Phi) is 11.4. The Hall–Kier alpha value is -6.33. The van der Waals surface area contributed by atoms with E-state index in [1.165, 1.54) is 14.2 Å². The molecule has 0 unspecified atom stereocenters. The van der Waals surface area contributed by atoms with Crippen LogP contribution < -0.4 is 16.2 Å². The van der Waals surface area contributed by atoms with Gasteiger partial charge in [0.2, 0.25) is 11.8 Å². The largest absolute Gasteiger partial charge is 0.453 e. The van der Waals surface area contributed by atoms with Gasteiger partial charge < -0.3 is 49.3 Å². The number of hydrogen-bond acceptors (Lipinski definition) is 11. The molecule has 17 heteroatoms. The predicted molar refractivity (Wildman–Crippen MR) is 236 cm³/mol. The topological polar surface area (TPSA) is 210 Å². The molecule has 0 bridgehead atoms. The summed E-state index contributed by atoms with van der Waals surface area (Å²) in [6, 6.07) is 15.5. The number of methoxy groups -OCH3 is 2. The zero-order valence-corrected chi connectivity index (χ0v) is 36.8. The van der Waals surface area contributed by atoms with E-state index in [0.29, 0.717) is 35.9 Å². The summed E-state index contributed by atoms with van der Waals surface area (Å²) in [4.78, 5) is 85.8. The first kappa shape index (κ1) is 42.9. The standard InChI is InChI=1S/C47H54N8O9/c1-24(2)38(51-45(59)61-5)43(57)54-23-47(63-14-7-15-64-47)21-37(54)41-49-33-18-29(12-13-32(33)42(56)53-41)27-8-9-28-17-30(11-10-26(28)16-27)34-22-48-40(50-34)36-20-31-19-35(31)55(36)44(58)39(25(3)4)52-46(60)62-6/h8-13,16-18,22,24-25,31,35-39H,7,14-15,19-21,23H2,1-6H3,(H,48,50)(H,51,59)(H,52,60)(H,49,53,56)/t31-,35-,36+,37+,38+,39+/m1/s1. The number of ether oxygens (including phenoxy) is 4. The van der Waals surface area contributed by atoms with Crippen molar-refractivity contribution in [3.63, 3.8) is 0 Å². The summed E-state index contributed by atoms with van der Waals surface area (Å²) < 4.78 is 21.9. The van der Waals surface area contributed by atoms with Gasteiger partial charge in [0.1, 0.15) is 23.7 Å². The van der Waals surface area contributed by atoms with Gasteiger partial charge in [-0.15, -0.1) is 0 Å². The fourth-order valence-corrected chi connectivity index (χ4v) is 9.64. The molecule has 1 spiro atoms. The van der Waals surface area contributed by atoms with E-state index in [2.05, 4.69) is 44.9 Å². The van der Waals surface area contributed by atoms with Crippen LogP contribution in [0.5, 0.6) is 0 Å². The molecule has 3 saturated heterocycles. The number of fused-ring (bicyclic) bond motifs is 3. The van der Waals surface area contributed by atoms with E-state index in [0.717, 1.165) is 58.2 Å². The van der Waals surface area contributed by atoms with Crippen molar-refractivity contribution >= 4 is 45.7 Å². The highest BCUT2D eigenvalue weighted by atomic mass is 16.7. The number of hydrogen-bond donors (Lipinski definition) is 4. The Morgan fingerprint density at radius 1 is 0.781 bits per heavy atom. The molecule has 4 N–H and O–H groups in total. The first-order valence-electron chi connectivity index (χ1n) is 22.0. The van der Waals surface area contributed by atoms with Crippen LogP contribution in [-0.2, 0) is 28.5 Å². The lowest BCUT2D eigenvalue weighted by Crippen LogP contribution is -2.52. The SMILES string of the molecule is COC(=O)N[C@H](C(=O)N1CC2(C[C@H]1c1nc3cc(-c4ccc5cc(-c6cnc([C@@H]7C[C@H]8C[C@H]8N7C(=O)[C@@H](NC(=O)OC)C(C)C)[nH]6)ccc5c4)ccc3c(=O)[nH]1)OCCCO2)C(C)C. The minimum Gasteiger partial charge on any atom is -0.453 e. The number of nitrogens with zero attached hydrogens (tertiary/aromatic N) is 4. The molecule has 336 valence electrons. The number of amides is 4. The van der Waals surface area contributed by atoms with Crippen molar-refractivity contribution in [2.24, 2.45) is 17.8 Å². The van der Waals surface area contributed by atoms with Gasteiger partial charge in [-0.05, 0) is 83.2 Å². The van der Waals surface area contributed by atoms with Crippen LogP contribution in [0, 0.1) is 17.8 Å². The Morgan fingerprint density at radius 2 is 1.41 bits per heavy atom. The maximum absolute atomic E-state index is 14.2. The lowest BCUT2D eigenvalue weighted by Gasteiger charge is -2.34. The lowest BCUT2D eigenvalue weighted by atomic mass is 9.98. The molecular weight excluding hydrogens is 821 g/mol. The predicted octanol–water partition coefficient (Wildman–Crippen LogP) is 5.96. The smallest absolute Gasteiger partial charge is 0.407 e. The number of rotatable bonds is 10. The third-order valence-electron chi connectivity index (χ3n) is 13.2. The van der Waals surface area contributed by atoms with Gasteiger partial charge in [0, 0.05) is 18.0 Å². The number of aromatic amines is 2. The molecule has 1 saturated carbocycles. The molecular formula is C47H54N8O9. The van der Waals surface area contributed by atoms with Gasteiger partial charge in [0.15, 0.2) is 5.79 Å². The zero-order valence-electron chi connectivity index (χ0n) is 36.8. The highest BCUT2D eigenvalue weighted by molar-refractivity contribution is 5.92. The van der Waals surface area contributed by atoms with Gasteiger partial charge >= 0.3 is 12.2 Å². The summed E-state index contributed by atoms with van der Waals surface area (Å²) in [5, 5.41) is 7.82. The van der Waals surface area contributed by atoms with Crippen LogP contribution >= 0.6 is 0 Å². The first-order valence-corrected chi connectivity index (χ1v) is 22.0. The molecule has 4 fully saturated rings. The molecule has 5 heterocycles. The first-order chi connectivity index (χ1) is 30.8. The van der Waals surface area contributed by atoms with E-state index >= 15 is 0 Å². The normalized spacial score (nSPS) is 22.2.